The molecule has 0 atom stereocenters. The highest BCUT2D eigenvalue weighted by Crippen LogP contribution is 2.20. The number of carbonyl (C=O) groups excluding carboxylic acids is 1. The third-order valence-electron chi connectivity index (χ3n) is 3.19. The van der Waals surface area contributed by atoms with Crippen molar-refractivity contribution in [3.05, 3.63) is 52.5 Å². The Hall–Kier alpha value is -1.86. The molecule has 23 heavy (non-hydrogen) atoms. The molecule has 0 radical (unpaired) electrons. The smallest absolute Gasteiger partial charge is 0.243 e. The Labute approximate surface area is 144 Å². The topological polar surface area (TPSA) is 75.3 Å². The van der Waals surface area contributed by atoms with Gasteiger partial charge < -0.3 is 10.6 Å². The van der Waals surface area contributed by atoms with Gasteiger partial charge in [-0.05, 0) is 55.0 Å². The maximum atomic E-state index is 11.9. The van der Waals surface area contributed by atoms with Crippen molar-refractivity contribution in [1.29, 1.82) is 0 Å². The van der Waals surface area contributed by atoms with Crippen molar-refractivity contribution in [2.75, 3.05) is 23.4 Å². The lowest BCUT2D eigenvalue weighted by molar-refractivity contribution is -0.114. The molecular weight excluding hydrogens is 380 g/mol. The molecular formula is C16H17BrN2O3S. The van der Waals surface area contributed by atoms with Gasteiger partial charge in [0, 0.05) is 22.1 Å². The third-order valence-corrected chi connectivity index (χ3v) is 4.82. The molecule has 0 aromatic heterocycles. The second-order valence-corrected chi connectivity index (χ2v) is 8.09. The quantitative estimate of drug-likeness (QED) is 0.813. The predicted molar refractivity (Wildman–Crippen MR) is 95.6 cm³/mol. The maximum Gasteiger partial charge on any atom is 0.243 e. The van der Waals surface area contributed by atoms with Crippen LogP contribution in [0.3, 0.4) is 0 Å². The molecule has 2 rings (SSSR count). The van der Waals surface area contributed by atoms with Crippen molar-refractivity contribution in [1.82, 2.24) is 0 Å². The third kappa shape index (κ3) is 5.07. The Morgan fingerprint density at radius 2 is 1.78 bits per heavy atom. The van der Waals surface area contributed by atoms with Crippen LogP contribution < -0.4 is 10.6 Å². The Morgan fingerprint density at radius 3 is 2.35 bits per heavy atom. The summed E-state index contributed by atoms with van der Waals surface area (Å²) in [5.74, 6) is -0.209. The minimum absolute atomic E-state index is 0.121. The maximum absolute atomic E-state index is 11.9. The van der Waals surface area contributed by atoms with Gasteiger partial charge in [0.1, 0.15) is 0 Å². The molecule has 0 fully saturated rings. The number of nitrogens with one attached hydrogen (secondary N) is 2. The van der Waals surface area contributed by atoms with E-state index in [1.165, 1.54) is 12.1 Å². The van der Waals surface area contributed by atoms with Crippen molar-refractivity contribution in [2.24, 2.45) is 0 Å². The minimum atomic E-state index is -3.23. The summed E-state index contributed by atoms with van der Waals surface area (Å²) in [6.07, 6.45) is 1.14. The highest BCUT2D eigenvalue weighted by Gasteiger charge is 2.08. The second kappa shape index (κ2) is 7.14. The van der Waals surface area contributed by atoms with Crippen LogP contribution in [0, 0.1) is 6.92 Å². The number of aryl methyl sites for hydroxylation is 1. The van der Waals surface area contributed by atoms with Gasteiger partial charge in [0.25, 0.3) is 0 Å². The van der Waals surface area contributed by atoms with E-state index in [0.29, 0.717) is 5.69 Å². The molecule has 0 spiro atoms. The lowest BCUT2D eigenvalue weighted by atomic mass is 10.2. The van der Waals surface area contributed by atoms with Gasteiger partial charge in [-0.1, -0.05) is 15.9 Å². The SMILES string of the molecule is Cc1cc(Br)ccc1NCC(=O)Nc1ccc(S(C)(=O)=O)cc1. The highest BCUT2D eigenvalue weighted by molar-refractivity contribution is 9.10. The number of amides is 1. The molecule has 1 amide bonds. The van der Waals surface area contributed by atoms with Crippen molar-refractivity contribution in [2.45, 2.75) is 11.8 Å². The second-order valence-electron chi connectivity index (χ2n) is 5.16. The molecule has 0 heterocycles. The molecule has 2 aromatic rings. The first-order valence-electron chi connectivity index (χ1n) is 6.86. The number of halogens is 1. The van der Waals surface area contributed by atoms with Gasteiger partial charge in [0.05, 0.1) is 11.4 Å². The monoisotopic (exact) mass is 396 g/mol. The normalized spacial score (nSPS) is 11.1. The lowest BCUT2D eigenvalue weighted by Crippen LogP contribution is -2.22. The molecule has 0 saturated carbocycles. The van der Waals surface area contributed by atoms with Crippen LogP contribution in [0.25, 0.3) is 0 Å². The number of anilines is 2. The number of rotatable bonds is 5. The van der Waals surface area contributed by atoms with Crippen molar-refractivity contribution in [3.8, 4) is 0 Å². The summed E-state index contributed by atoms with van der Waals surface area (Å²) in [7, 11) is -3.23. The number of sulfone groups is 1. The van der Waals surface area contributed by atoms with Crippen LogP contribution in [0.4, 0.5) is 11.4 Å². The standard InChI is InChI=1S/C16H17BrN2O3S/c1-11-9-12(17)3-8-15(11)18-10-16(20)19-13-4-6-14(7-5-13)23(2,21)22/h3-9,18H,10H2,1-2H3,(H,19,20). The van der Waals surface area contributed by atoms with E-state index in [-0.39, 0.29) is 17.3 Å². The van der Waals surface area contributed by atoms with E-state index in [1.54, 1.807) is 12.1 Å². The van der Waals surface area contributed by atoms with Crippen molar-refractivity contribution in [3.63, 3.8) is 0 Å². The molecule has 0 unspecified atom stereocenters. The first kappa shape index (κ1) is 17.5. The Kier molecular flexibility index (Phi) is 5.43. The van der Waals surface area contributed by atoms with E-state index in [9.17, 15) is 13.2 Å². The molecule has 122 valence electrons. The van der Waals surface area contributed by atoms with E-state index in [1.807, 2.05) is 25.1 Å². The summed E-state index contributed by atoms with van der Waals surface area (Å²) in [6, 6.07) is 11.8. The molecule has 5 nitrogen and oxygen atoms in total. The van der Waals surface area contributed by atoms with Gasteiger partial charge >= 0.3 is 0 Å². The van der Waals surface area contributed by atoms with Gasteiger partial charge in [0.2, 0.25) is 5.91 Å². The molecule has 2 aromatic carbocycles. The molecule has 0 saturated heterocycles. The number of benzene rings is 2. The summed E-state index contributed by atoms with van der Waals surface area (Å²) in [4.78, 5) is 12.2. The Bertz CT molecular complexity index is 818. The largest absolute Gasteiger partial charge is 0.376 e. The van der Waals surface area contributed by atoms with Crippen LogP contribution in [-0.2, 0) is 14.6 Å². The first-order chi connectivity index (χ1) is 10.8. The number of hydrogen-bond donors (Lipinski definition) is 2. The van der Waals surface area contributed by atoms with Crippen LogP contribution in [-0.4, -0.2) is 27.1 Å². The fourth-order valence-corrected chi connectivity index (χ4v) is 3.10. The average molecular weight is 397 g/mol. The van der Waals surface area contributed by atoms with E-state index >= 15 is 0 Å². The van der Waals surface area contributed by atoms with Gasteiger partial charge in [0.15, 0.2) is 9.84 Å². The Morgan fingerprint density at radius 1 is 1.13 bits per heavy atom. The summed E-state index contributed by atoms with van der Waals surface area (Å²) in [5.41, 5.74) is 2.47. The van der Waals surface area contributed by atoms with Crippen molar-refractivity contribution < 1.29 is 13.2 Å². The summed E-state index contributed by atoms with van der Waals surface area (Å²) >= 11 is 3.39. The van der Waals surface area contributed by atoms with E-state index < -0.39 is 9.84 Å². The van der Waals surface area contributed by atoms with Crippen LogP contribution in [0.1, 0.15) is 5.56 Å². The van der Waals surface area contributed by atoms with Crippen LogP contribution in [0.5, 0.6) is 0 Å². The molecule has 0 aliphatic carbocycles. The average Bonchev–Trinajstić information content (AvgIpc) is 2.46. The summed E-state index contributed by atoms with van der Waals surface area (Å²) in [5, 5.41) is 5.78. The summed E-state index contributed by atoms with van der Waals surface area (Å²) < 4.78 is 23.7. The zero-order chi connectivity index (χ0) is 17.0. The highest BCUT2D eigenvalue weighted by atomic mass is 79.9. The van der Waals surface area contributed by atoms with Crippen LogP contribution >= 0.6 is 15.9 Å². The Balaban J connectivity index is 1.94. The molecule has 0 bridgehead atoms. The number of hydrogen-bond acceptors (Lipinski definition) is 4. The molecule has 0 aliphatic rings. The van der Waals surface area contributed by atoms with Gasteiger partial charge in [-0.2, -0.15) is 0 Å². The zero-order valence-electron chi connectivity index (χ0n) is 12.8. The molecule has 7 heteroatoms. The zero-order valence-corrected chi connectivity index (χ0v) is 15.2. The van der Waals surface area contributed by atoms with E-state index in [2.05, 4.69) is 26.6 Å². The minimum Gasteiger partial charge on any atom is -0.376 e. The van der Waals surface area contributed by atoms with E-state index in [0.717, 1.165) is 22.0 Å². The lowest BCUT2D eigenvalue weighted by Gasteiger charge is -2.10. The van der Waals surface area contributed by atoms with Crippen LogP contribution in [0.15, 0.2) is 51.8 Å². The molecule has 2 N–H and O–H groups in total. The van der Waals surface area contributed by atoms with Gasteiger partial charge in [-0.3, -0.25) is 4.79 Å². The number of carbonyl (C=O) groups is 1. The summed E-state index contributed by atoms with van der Waals surface area (Å²) in [6.45, 7) is 2.07. The predicted octanol–water partition coefficient (Wildman–Crippen LogP) is 3.21. The molecule has 0 aliphatic heterocycles. The first-order valence-corrected chi connectivity index (χ1v) is 9.54. The van der Waals surface area contributed by atoms with E-state index in [4.69, 9.17) is 0 Å². The fourth-order valence-electron chi connectivity index (χ4n) is 1.99. The van der Waals surface area contributed by atoms with Crippen LogP contribution in [0.2, 0.25) is 0 Å². The van der Waals surface area contributed by atoms with Crippen molar-refractivity contribution >= 4 is 43.0 Å². The van der Waals surface area contributed by atoms with Gasteiger partial charge in [-0.25, -0.2) is 8.42 Å². The fraction of sp³-hybridized carbons (Fsp3) is 0.188. The van der Waals surface area contributed by atoms with Gasteiger partial charge in [-0.15, -0.1) is 0 Å².